The summed E-state index contributed by atoms with van der Waals surface area (Å²) in [5.74, 6) is 1.50. The second-order valence-electron chi connectivity index (χ2n) is 3.76. The molecule has 1 unspecified atom stereocenters. The Hall–Kier alpha value is -0.220. The molecule has 74 valence electrons. The lowest BCUT2D eigenvalue weighted by Gasteiger charge is -2.36. The summed E-state index contributed by atoms with van der Waals surface area (Å²) in [4.78, 5) is 13.8. The minimum Gasteiger partial charge on any atom is -0.339 e. The Morgan fingerprint density at radius 1 is 1.54 bits per heavy atom. The molecule has 2 saturated heterocycles. The molecule has 1 atom stereocenters. The van der Waals surface area contributed by atoms with Crippen molar-refractivity contribution in [2.45, 2.75) is 24.1 Å². The van der Waals surface area contributed by atoms with Crippen molar-refractivity contribution >= 4 is 17.7 Å². The monoisotopic (exact) mass is 200 g/mol. The normalized spacial score (nSPS) is 28.5. The van der Waals surface area contributed by atoms with E-state index in [1.165, 1.54) is 6.42 Å². The van der Waals surface area contributed by atoms with Gasteiger partial charge in [0.05, 0.1) is 11.3 Å². The minimum atomic E-state index is 0.255. The highest BCUT2D eigenvalue weighted by atomic mass is 32.2. The predicted molar refractivity (Wildman–Crippen MR) is 54.9 cm³/mol. The number of carbonyl (C=O) groups is 1. The number of nitrogens with zero attached hydrogens (tertiary/aromatic N) is 1. The van der Waals surface area contributed by atoms with Crippen molar-refractivity contribution in [2.75, 3.05) is 25.9 Å². The Morgan fingerprint density at radius 2 is 2.31 bits per heavy atom. The summed E-state index contributed by atoms with van der Waals surface area (Å²) in [6.45, 7) is 1.94. The first kappa shape index (κ1) is 9.34. The SMILES string of the molecule is CN(C(=O)C1CCCS1)C1CNC1. The van der Waals surface area contributed by atoms with E-state index < -0.39 is 0 Å². The summed E-state index contributed by atoms with van der Waals surface area (Å²) in [6, 6.07) is 0.452. The number of thioether (sulfide) groups is 1. The third kappa shape index (κ3) is 1.83. The third-order valence-electron chi connectivity index (χ3n) is 2.86. The second-order valence-corrected chi connectivity index (χ2v) is 5.07. The number of hydrogen-bond donors (Lipinski definition) is 1. The molecule has 0 saturated carbocycles. The molecule has 2 rings (SSSR count). The topological polar surface area (TPSA) is 32.3 Å². The summed E-state index contributed by atoms with van der Waals surface area (Å²) in [7, 11) is 1.94. The summed E-state index contributed by atoms with van der Waals surface area (Å²) in [5.41, 5.74) is 0. The van der Waals surface area contributed by atoms with Gasteiger partial charge in [-0.3, -0.25) is 4.79 Å². The lowest BCUT2D eigenvalue weighted by Crippen LogP contribution is -2.58. The third-order valence-corrected chi connectivity index (χ3v) is 4.22. The molecule has 0 spiro atoms. The highest BCUT2D eigenvalue weighted by Crippen LogP contribution is 2.28. The molecule has 0 aromatic rings. The van der Waals surface area contributed by atoms with Gasteiger partial charge in [0, 0.05) is 20.1 Å². The van der Waals surface area contributed by atoms with Gasteiger partial charge in [0.25, 0.3) is 0 Å². The first-order valence-corrected chi connectivity index (χ1v) is 5.93. The van der Waals surface area contributed by atoms with Gasteiger partial charge in [-0.15, -0.1) is 11.8 Å². The van der Waals surface area contributed by atoms with Gasteiger partial charge in [-0.2, -0.15) is 0 Å². The van der Waals surface area contributed by atoms with Crippen molar-refractivity contribution in [3.63, 3.8) is 0 Å². The van der Waals surface area contributed by atoms with Crippen molar-refractivity contribution in [2.24, 2.45) is 0 Å². The van der Waals surface area contributed by atoms with Crippen molar-refractivity contribution in [3.8, 4) is 0 Å². The van der Waals surface area contributed by atoms with Crippen molar-refractivity contribution in [3.05, 3.63) is 0 Å². The molecule has 4 heteroatoms. The van der Waals surface area contributed by atoms with E-state index in [9.17, 15) is 4.79 Å². The second kappa shape index (κ2) is 3.88. The van der Waals surface area contributed by atoms with Crippen LogP contribution in [0.25, 0.3) is 0 Å². The predicted octanol–water partition coefficient (Wildman–Crippen LogP) is 0.312. The fourth-order valence-corrected chi connectivity index (χ4v) is 2.99. The molecule has 0 aromatic carbocycles. The van der Waals surface area contributed by atoms with E-state index in [0.717, 1.165) is 25.3 Å². The van der Waals surface area contributed by atoms with Crippen LogP contribution in [-0.2, 0) is 4.79 Å². The molecule has 2 aliphatic rings. The fraction of sp³-hybridized carbons (Fsp3) is 0.889. The van der Waals surface area contributed by atoms with E-state index in [1.54, 1.807) is 0 Å². The highest BCUT2D eigenvalue weighted by molar-refractivity contribution is 8.00. The standard InChI is InChI=1S/C9H16N2OS/c1-11(7-5-10-6-7)9(12)8-3-2-4-13-8/h7-8,10H,2-6H2,1H3. The van der Waals surface area contributed by atoms with Gasteiger partial charge in [-0.1, -0.05) is 0 Å². The maximum Gasteiger partial charge on any atom is 0.235 e. The number of amides is 1. The molecule has 3 nitrogen and oxygen atoms in total. The molecule has 0 bridgehead atoms. The first-order valence-electron chi connectivity index (χ1n) is 4.88. The van der Waals surface area contributed by atoms with Crippen molar-refractivity contribution < 1.29 is 4.79 Å². The van der Waals surface area contributed by atoms with Crippen LogP contribution in [0.1, 0.15) is 12.8 Å². The van der Waals surface area contributed by atoms with E-state index in [2.05, 4.69) is 5.32 Å². The first-order chi connectivity index (χ1) is 6.29. The van der Waals surface area contributed by atoms with Gasteiger partial charge in [-0.25, -0.2) is 0 Å². The average Bonchev–Trinajstić information content (AvgIpc) is 2.51. The quantitative estimate of drug-likeness (QED) is 0.696. The van der Waals surface area contributed by atoms with Crippen LogP contribution in [0.4, 0.5) is 0 Å². The van der Waals surface area contributed by atoms with Crippen LogP contribution >= 0.6 is 11.8 Å². The molecule has 0 aromatic heterocycles. The van der Waals surface area contributed by atoms with Crippen molar-refractivity contribution in [1.29, 1.82) is 0 Å². The highest BCUT2D eigenvalue weighted by Gasteiger charge is 2.31. The van der Waals surface area contributed by atoms with Crippen LogP contribution in [0.3, 0.4) is 0 Å². The molecule has 2 fully saturated rings. The maximum atomic E-state index is 11.9. The average molecular weight is 200 g/mol. The lowest BCUT2D eigenvalue weighted by atomic mass is 10.1. The number of hydrogen-bond acceptors (Lipinski definition) is 3. The maximum absolute atomic E-state index is 11.9. The Bertz CT molecular complexity index is 200. The van der Waals surface area contributed by atoms with Crippen LogP contribution < -0.4 is 5.32 Å². The van der Waals surface area contributed by atoms with Crippen LogP contribution in [0.2, 0.25) is 0 Å². The van der Waals surface area contributed by atoms with Gasteiger partial charge in [0.15, 0.2) is 0 Å². The number of carbonyl (C=O) groups excluding carboxylic acids is 1. The Labute approximate surface area is 83.2 Å². The molecule has 0 aliphatic carbocycles. The van der Waals surface area contributed by atoms with Gasteiger partial charge < -0.3 is 10.2 Å². The van der Waals surface area contributed by atoms with Crippen LogP contribution in [0.5, 0.6) is 0 Å². The Morgan fingerprint density at radius 3 is 2.77 bits per heavy atom. The smallest absolute Gasteiger partial charge is 0.235 e. The molecule has 2 aliphatic heterocycles. The zero-order valence-corrected chi connectivity index (χ0v) is 8.77. The lowest BCUT2D eigenvalue weighted by molar-refractivity contribution is -0.132. The summed E-state index contributed by atoms with van der Waals surface area (Å²) in [6.07, 6.45) is 2.28. The number of likely N-dealkylation sites (N-methyl/N-ethyl adjacent to an activating group) is 1. The van der Waals surface area contributed by atoms with Gasteiger partial charge in [0.2, 0.25) is 5.91 Å². The van der Waals surface area contributed by atoms with E-state index in [0.29, 0.717) is 11.9 Å². The molecule has 2 heterocycles. The van der Waals surface area contributed by atoms with Gasteiger partial charge in [0.1, 0.15) is 0 Å². The van der Waals surface area contributed by atoms with E-state index in [4.69, 9.17) is 0 Å². The fourth-order valence-electron chi connectivity index (χ4n) is 1.73. The van der Waals surface area contributed by atoms with E-state index in [-0.39, 0.29) is 5.25 Å². The van der Waals surface area contributed by atoms with E-state index in [1.807, 2.05) is 23.7 Å². The van der Waals surface area contributed by atoms with Crippen molar-refractivity contribution in [1.82, 2.24) is 10.2 Å². The largest absolute Gasteiger partial charge is 0.339 e. The summed E-state index contributed by atoms with van der Waals surface area (Å²) >= 11 is 1.82. The minimum absolute atomic E-state index is 0.255. The molecule has 0 radical (unpaired) electrons. The Balaban J connectivity index is 1.87. The molecular formula is C9H16N2OS. The summed E-state index contributed by atoms with van der Waals surface area (Å²) < 4.78 is 0. The van der Waals surface area contributed by atoms with E-state index >= 15 is 0 Å². The zero-order chi connectivity index (χ0) is 9.26. The molecule has 1 amide bonds. The summed E-state index contributed by atoms with van der Waals surface area (Å²) in [5, 5.41) is 3.44. The van der Waals surface area contributed by atoms with Gasteiger partial charge in [-0.05, 0) is 18.6 Å². The number of rotatable bonds is 2. The van der Waals surface area contributed by atoms with Crippen LogP contribution in [0.15, 0.2) is 0 Å². The van der Waals surface area contributed by atoms with Gasteiger partial charge >= 0.3 is 0 Å². The van der Waals surface area contributed by atoms with Crippen LogP contribution in [0, 0.1) is 0 Å². The number of nitrogens with one attached hydrogen (secondary N) is 1. The molecule has 1 N–H and O–H groups in total. The Kier molecular flexibility index (Phi) is 2.79. The molecule has 13 heavy (non-hydrogen) atoms. The van der Waals surface area contributed by atoms with Crippen LogP contribution in [-0.4, -0.2) is 48.0 Å². The zero-order valence-electron chi connectivity index (χ0n) is 7.95. The molecular weight excluding hydrogens is 184 g/mol.